The Morgan fingerprint density at radius 2 is 2.36 bits per heavy atom. The molecule has 1 aromatic heterocycles. The van der Waals surface area contributed by atoms with E-state index in [1.54, 1.807) is 6.20 Å². The molecule has 1 atom stereocenters. The molecular weight excluding hydrogens is 178 g/mol. The van der Waals surface area contributed by atoms with Gasteiger partial charge in [0.1, 0.15) is 5.82 Å². The highest BCUT2D eigenvalue weighted by Crippen LogP contribution is 1.96. The van der Waals surface area contributed by atoms with E-state index in [2.05, 4.69) is 15.3 Å². The number of nitrogens with zero attached hydrogens (tertiary/aromatic N) is 2. The lowest BCUT2D eigenvalue weighted by Gasteiger charge is -2.13. The molecule has 0 bridgehead atoms. The summed E-state index contributed by atoms with van der Waals surface area (Å²) in [6, 6.07) is 2.04. The quantitative estimate of drug-likeness (QED) is 0.724. The second-order valence-electron chi connectivity index (χ2n) is 3.26. The van der Waals surface area contributed by atoms with Gasteiger partial charge in [0.25, 0.3) is 0 Å². The Bertz CT molecular complexity index is 274. The van der Waals surface area contributed by atoms with Crippen LogP contribution >= 0.6 is 0 Å². The zero-order valence-electron chi connectivity index (χ0n) is 8.70. The van der Waals surface area contributed by atoms with Crippen LogP contribution in [0.1, 0.15) is 24.9 Å². The van der Waals surface area contributed by atoms with E-state index in [9.17, 15) is 0 Å². The summed E-state index contributed by atoms with van der Waals surface area (Å²) in [6.07, 6.45) is 2.67. The average molecular weight is 195 g/mol. The molecular formula is C10H17N3O. The SMILES string of the molecule is CC[C@@H](CO)NCc1ccnc(C)n1. The smallest absolute Gasteiger partial charge is 0.125 e. The van der Waals surface area contributed by atoms with Crippen molar-refractivity contribution in [3.63, 3.8) is 0 Å². The van der Waals surface area contributed by atoms with Crippen molar-refractivity contribution in [2.45, 2.75) is 32.9 Å². The van der Waals surface area contributed by atoms with Gasteiger partial charge in [0.05, 0.1) is 12.3 Å². The largest absolute Gasteiger partial charge is 0.395 e. The first kappa shape index (κ1) is 11.1. The van der Waals surface area contributed by atoms with E-state index in [1.807, 2.05) is 19.9 Å². The van der Waals surface area contributed by atoms with E-state index in [0.717, 1.165) is 17.9 Å². The standard InChI is InChI=1S/C10H17N3O/c1-3-9(7-14)12-6-10-4-5-11-8(2)13-10/h4-5,9,12,14H,3,6-7H2,1-2H3/t9-/m0/s1. The highest BCUT2D eigenvalue weighted by Gasteiger charge is 2.03. The summed E-state index contributed by atoms with van der Waals surface area (Å²) in [5, 5.41) is 12.2. The molecule has 0 aliphatic carbocycles. The minimum Gasteiger partial charge on any atom is -0.395 e. The zero-order chi connectivity index (χ0) is 10.4. The van der Waals surface area contributed by atoms with Gasteiger partial charge in [0.2, 0.25) is 0 Å². The van der Waals surface area contributed by atoms with Crippen molar-refractivity contribution < 1.29 is 5.11 Å². The van der Waals surface area contributed by atoms with Crippen LogP contribution in [0.25, 0.3) is 0 Å². The average Bonchev–Trinajstić information content (AvgIpc) is 2.19. The van der Waals surface area contributed by atoms with Crippen molar-refractivity contribution in [2.24, 2.45) is 0 Å². The van der Waals surface area contributed by atoms with Crippen molar-refractivity contribution in [3.8, 4) is 0 Å². The fourth-order valence-electron chi connectivity index (χ4n) is 1.19. The van der Waals surface area contributed by atoms with Gasteiger partial charge in [-0.1, -0.05) is 6.92 Å². The van der Waals surface area contributed by atoms with Crippen LogP contribution in [0.2, 0.25) is 0 Å². The molecule has 0 radical (unpaired) electrons. The molecule has 0 spiro atoms. The monoisotopic (exact) mass is 195 g/mol. The van der Waals surface area contributed by atoms with Crippen LogP contribution in [-0.4, -0.2) is 27.7 Å². The number of rotatable bonds is 5. The van der Waals surface area contributed by atoms with Crippen molar-refractivity contribution in [3.05, 3.63) is 23.8 Å². The molecule has 0 aromatic carbocycles. The number of nitrogens with one attached hydrogen (secondary N) is 1. The van der Waals surface area contributed by atoms with Crippen LogP contribution in [0.3, 0.4) is 0 Å². The van der Waals surface area contributed by atoms with Crippen molar-refractivity contribution in [1.82, 2.24) is 15.3 Å². The molecule has 4 nitrogen and oxygen atoms in total. The third kappa shape index (κ3) is 3.40. The predicted octanol–water partition coefficient (Wildman–Crippen LogP) is 0.646. The van der Waals surface area contributed by atoms with Crippen LogP contribution in [0.15, 0.2) is 12.3 Å². The first-order valence-electron chi connectivity index (χ1n) is 4.89. The minimum atomic E-state index is 0.158. The molecule has 1 heterocycles. The third-order valence-electron chi connectivity index (χ3n) is 2.12. The molecule has 0 aliphatic heterocycles. The van der Waals surface area contributed by atoms with Crippen molar-refractivity contribution >= 4 is 0 Å². The third-order valence-corrected chi connectivity index (χ3v) is 2.12. The lowest BCUT2D eigenvalue weighted by molar-refractivity contribution is 0.238. The topological polar surface area (TPSA) is 58.0 Å². The molecule has 0 aliphatic rings. The molecule has 0 amide bonds. The molecule has 0 unspecified atom stereocenters. The van der Waals surface area contributed by atoms with Gasteiger partial charge in [-0.2, -0.15) is 0 Å². The maximum Gasteiger partial charge on any atom is 0.125 e. The van der Waals surface area contributed by atoms with Gasteiger partial charge in [-0.3, -0.25) is 0 Å². The number of hydrogen-bond acceptors (Lipinski definition) is 4. The van der Waals surface area contributed by atoms with Crippen LogP contribution in [0, 0.1) is 6.92 Å². The first-order chi connectivity index (χ1) is 6.76. The summed E-state index contributed by atoms with van der Waals surface area (Å²) in [6.45, 7) is 4.76. The van der Waals surface area contributed by atoms with Gasteiger partial charge >= 0.3 is 0 Å². The normalized spacial score (nSPS) is 12.8. The van der Waals surface area contributed by atoms with Gasteiger partial charge in [-0.05, 0) is 19.4 Å². The fraction of sp³-hybridized carbons (Fsp3) is 0.600. The summed E-state index contributed by atoms with van der Waals surface area (Å²) >= 11 is 0. The number of hydrogen-bond donors (Lipinski definition) is 2. The lowest BCUT2D eigenvalue weighted by atomic mass is 10.2. The Kier molecular flexibility index (Phi) is 4.49. The van der Waals surface area contributed by atoms with Gasteiger partial charge in [-0.15, -0.1) is 0 Å². The van der Waals surface area contributed by atoms with E-state index < -0.39 is 0 Å². The molecule has 14 heavy (non-hydrogen) atoms. The van der Waals surface area contributed by atoms with Crippen molar-refractivity contribution in [2.75, 3.05) is 6.61 Å². The van der Waals surface area contributed by atoms with Crippen LogP contribution in [0.5, 0.6) is 0 Å². The Labute approximate surface area is 84.4 Å². The molecule has 2 N–H and O–H groups in total. The van der Waals surface area contributed by atoms with Gasteiger partial charge in [0, 0.05) is 18.8 Å². The van der Waals surface area contributed by atoms with Gasteiger partial charge in [-0.25, -0.2) is 9.97 Å². The van der Waals surface area contributed by atoms with Crippen LogP contribution < -0.4 is 5.32 Å². The highest BCUT2D eigenvalue weighted by molar-refractivity contribution is 5.01. The van der Waals surface area contributed by atoms with E-state index in [1.165, 1.54) is 0 Å². The second kappa shape index (κ2) is 5.67. The maximum atomic E-state index is 8.96. The Balaban J connectivity index is 2.44. The zero-order valence-corrected chi connectivity index (χ0v) is 8.70. The summed E-state index contributed by atoms with van der Waals surface area (Å²) < 4.78 is 0. The number of aliphatic hydroxyl groups is 1. The molecule has 0 saturated heterocycles. The maximum absolute atomic E-state index is 8.96. The highest BCUT2D eigenvalue weighted by atomic mass is 16.3. The Morgan fingerprint density at radius 1 is 1.57 bits per heavy atom. The number of aromatic nitrogens is 2. The van der Waals surface area contributed by atoms with Gasteiger partial charge in [0.15, 0.2) is 0 Å². The van der Waals surface area contributed by atoms with Crippen LogP contribution in [0.4, 0.5) is 0 Å². The predicted molar refractivity (Wildman–Crippen MR) is 54.8 cm³/mol. The summed E-state index contributed by atoms with van der Waals surface area (Å²) in [5.41, 5.74) is 0.962. The number of aliphatic hydroxyl groups excluding tert-OH is 1. The molecule has 1 aromatic rings. The van der Waals surface area contributed by atoms with E-state index in [0.29, 0.717) is 6.54 Å². The molecule has 1 rings (SSSR count). The molecule has 0 fully saturated rings. The summed E-state index contributed by atoms with van der Waals surface area (Å²) in [5.74, 6) is 0.779. The Morgan fingerprint density at radius 3 is 2.93 bits per heavy atom. The lowest BCUT2D eigenvalue weighted by Crippen LogP contribution is -2.31. The van der Waals surface area contributed by atoms with E-state index in [4.69, 9.17) is 5.11 Å². The van der Waals surface area contributed by atoms with Crippen LogP contribution in [-0.2, 0) is 6.54 Å². The Hall–Kier alpha value is -1.00. The molecule has 78 valence electrons. The summed E-state index contributed by atoms with van der Waals surface area (Å²) in [4.78, 5) is 8.28. The van der Waals surface area contributed by atoms with E-state index >= 15 is 0 Å². The van der Waals surface area contributed by atoms with Gasteiger partial charge < -0.3 is 10.4 Å². The van der Waals surface area contributed by atoms with Crippen molar-refractivity contribution in [1.29, 1.82) is 0 Å². The fourth-order valence-corrected chi connectivity index (χ4v) is 1.19. The second-order valence-corrected chi connectivity index (χ2v) is 3.26. The number of aryl methyl sites for hydroxylation is 1. The summed E-state index contributed by atoms with van der Waals surface area (Å²) in [7, 11) is 0. The molecule has 0 saturated carbocycles. The van der Waals surface area contributed by atoms with E-state index in [-0.39, 0.29) is 12.6 Å². The molecule has 4 heteroatoms. The minimum absolute atomic E-state index is 0.158. The first-order valence-corrected chi connectivity index (χ1v) is 4.89.